The molecule has 2 rings (SSSR count). The van der Waals surface area contributed by atoms with Crippen molar-refractivity contribution >= 4 is 16.7 Å². The van der Waals surface area contributed by atoms with Crippen LogP contribution in [-0.4, -0.2) is 17.1 Å². The van der Waals surface area contributed by atoms with Gasteiger partial charge in [-0.25, -0.2) is 0 Å². The fraction of sp³-hybridized carbons (Fsp3) is 0.231. The van der Waals surface area contributed by atoms with Crippen LogP contribution in [0.15, 0.2) is 41.3 Å². The molecule has 0 atom stereocenters. The number of carbonyl (C=O) groups excluding carboxylic acids is 1. The van der Waals surface area contributed by atoms with E-state index in [1.165, 1.54) is 4.57 Å². The lowest BCUT2D eigenvalue weighted by Gasteiger charge is -2.06. The summed E-state index contributed by atoms with van der Waals surface area (Å²) in [6.45, 7) is 2.01. The zero-order chi connectivity index (χ0) is 12.3. The second kappa shape index (κ2) is 4.82. The Morgan fingerprint density at radius 1 is 1.29 bits per heavy atom. The van der Waals surface area contributed by atoms with Gasteiger partial charge in [-0.3, -0.25) is 9.59 Å². The second-order valence-corrected chi connectivity index (χ2v) is 3.64. The molecule has 1 aromatic heterocycles. The maximum Gasteiger partial charge on any atom is 0.326 e. The van der Waals surface area contributed by atoms with Crippen molar-refractivity contribution in [1.82, 2.24) is 4.57 Å². The molecule has 0 amide bonds. The molecule has 4 nitrogen and oxygen atoms in total. The highest BCUT2D eigenvalue weighted by Crippen LogP contribution is 2.07. The fourth-order valence-corrected chi connectivity index (χ4v) is 1.70. The summed E-state index contributed by atoms with van der Waals surface area (Å²) in [7, 11) is 0. The topological polar surface area (TPSA) is 48.3 Å². The molecule has 88 valence electrons. The highest BCUT2D eigenvalue weighted by Gasteiger charge is 2.06. The van der Waals surface area contributed by atoms with Gasteiger partial charge in [0.15, 0.2) is 0 Å². The van der Waals surface area contributed by atoms with Gasteiger partial charge in [-0.05, 0) is 24.4 Å². The average molecular weight is 231 g/mol. The summed E-state index contributed by atoms with van der Waals surface area (Å²) in [5.74, 6) is -0.398. The predicted molar refractivity (Wildman–Crippen MR) is 64.8 cm³/mol. The molecule has 1 heterocycles. The van der Waals surface area contributed by atoms with Gasteiger partial charge in [-0.2, -0.15) is 0 Å². The minimum atomic E-state index is -0.398. The lowest BCUT2D eigenvalue weighted by Crippen LogP contribution is -2.24. The van der Waals surface area contributed by atoms with Gasteiger partial charge in [-0.1, -0.05) is 18.2 Å². The van der Waals surface area contributed by atoms with E-state index in [4.69, 9.17) is 4.74 Å². The SMILES string of the molecule is CCOC(=O)Cn1ccc2ccccc2c1=O. The maximum atomic E-state index is 12.0. The van der Waals surface area contributed by atoms with E-state index in [2.05, 4.69) is 0 Å². The van der Waals surface area contributed by atoms with Crippen LogP contribution in [0.5, 0.6) is 0 Å². The predicted octanol–water partition coefficient (Wildman–Crippen LogP) is 1.56. The van der Waals surface area contributed by atoms with Gasteiger partial charge in [0, 0.05) is 11.6 Å². The van der Waals surface area contributed by atoms with Crippen molar-refractivity contribution in [3.8, 4) is 0 Å². The number of ether oxygens (including phenoxy) is 1. The van der Waals surface area contributed by atoms with Crippen LogP contribution in [0, 0.1) is 0 Å². The Morgan fingerprint density at radius 2 is 2.06 bits per heavy atom. The third-order valence-electron chi connectivity index (χ3n) is 2.49. The molecule has 0 radical (unpaired) electrons. The maximum absolute atomic E-state index is 12.0. The van der Waals surface area contributed by atoms with E-state index in [0.29, 0.717) is 12.0 Å². The molecule has 4 heteroatoms. The van der Waals surface area contributed by atoms with E-state index in [9.17, 15) is 9.59 Å². The number of benzene rings is 1. The van der Waals surface area contributed by atoms with Crippen molar-refractivity contribution in [3.63, 3.8) is 0 Å². The van der Waals surface area contributed by atoms with Crippen molar-refractivity contribution < 1.29 is 9.53 Å². The van der Waals surface area contributed by atoms with Gasteiger partial charge in [0.05, 0.1) is 6.61 Å². The van der Waals surface area contributed by atoms with Crippen LogP contribution in [0.1, 0.15) is 6.92 Å². The number of hydrogen-bond donors (Lipinski definition) is 0. The lowest BCUT2D eigenvalue weighted by molar-refractivity contribution is -0.143. The van der Waals surface area contributed by atoms with Crippen LogP contribution in [0.25, 0.3) is 10.8 Å². The minimum absolute atomic E-state index is 0.0441. The summed E-state index contributed by atoms with van der Waals surface area (Å²) in [6.07, 6.45) is 1.61. The first-order valence-corrected chi connectivity index (χ1v) is 5.46. The van der Waals surface area contributed by atoms with E-state index in [1.807, 2.05) is 18.2 Å². The van der Waals surface area contributed by atoms with Crippen molar-refractivity contribution in [2.75, 3.05) is 6.61 Å². The smallest absolute Gasteiger partial charge is 0.326 e. The first-order chi connectivity index (χ1) is 8.22. The van der Waals surface area contributed by atoms with Crippen LogP contribution < -0.4 is 5.56 Å². The summed E-state index contributed by atoms with van der Waals surface area (Å²) in [4.78, 5) is 23.3. The molecule has 0 aliphatic heterocycles. The molecule has 2 aromatic rings. The highest BCUT2D eigenvalue weighted by molar-refractivity contribution is 5.81. The normalized spacial score (nSPS) is 10.4. The van der Waals surface area contributed by atoms with Crippen molar-refractivity contribution in [2.45, 2.75) is 13.5 Å². The van der Waals surface area contributed by atoms with E-state index in [1.54, 1.807) is 25.3 Å². The molecule has 0 spiro atoms. The number of nitrogens with zero attached hydrogens (tertiary/aromatic N) is 1. The average Bonchev–Trinajstić information content (AvgIpc) is 2.33. The summed E-state index contributed by atoms with van der Waals surface area (Å²) < 4.78 is 6.18. The standard InChI is InChI=1S/C13H13NO3/c1-2-17-12(15)9-14-8-7-10-5-3-4-6-11(10)13(14)16/h3-8H,2,9H2,1H3. The summed E-state index contributed by atoms with van der Waals surface area (Å²) in [6, 6.07) is 9.11. The number of rotatable bonds is 3. The number of aromatic nitrogens is 1. The highest BCUT2D eigenvalue weighted by atomic mass is 16.5. The van der Waals surface area contributed by atoms with Crippen molar-refractivity contribution in [2.24, 2.45) is 0 Å². The molecule has 0 aliphatic carbocycles. The zero-order valence-electron chi connectivity index (χ0n) is 9.55. The molecule has 17 heavy (non-hydrogen) atoms. The van der Waals surface area contributed by atoms with Gasteiger partial charge >= 0.3 is 5.97 Å². The van der Waals surface area contributed by atoms with Crippen LogP contribution in [0.2, 0.25) is 0 Å². The van der Waals surface area contributed by atoms with Crippen LogP contribution in [-0.2, 0) is 16.1 Å². The number of carbonyl (C=O) groups is 1. The first kappa shape index (κ1) is 11.4. The Bertz CT molecular complexity index is 601. The molecule has 0 saturated carbocycles. The van der Waals surface area contributed by atoms with Gasteiger partial charge in [0.2, 0.25) is 0 Å². The van der Waals surface area contributed by atoms with Crippen molar-refractivity contribution in [3.05, 3.63) is 46.9 Å². The molecule has 0 unspecified atom stereocenters. The molecule has 0 N–H and O–H groups in total. The van der Waals surface area contributed by atoms with E-state index < -0.39 is 5.97 Å². The molecular weight excluding hydrogens is 218 g/mol. The van der Waals surface area contributed by atoms with Crippen LogP contribution in [0.4, 0.5) is 0 Å². The van der Waals surface area contributed by atoms with Gasteiger partial charge in [0.1, 0.15) is 6.54 Å². The fourth-order valence-electron chi connectivity index (χ4n) is 1.70. The Balaban J connectivity index is 2.39. The summed E-state index contributed by atoms with van der Waals surface area (Å²) in [5.41, 5.74) is -0.170. The Morgan fingerprint density at radius 3 is 2.82 bits per heavy atom. The summed E-state index contributed by atoms with van der Waals surface area (Å²) in [5, 5.41) is 1.48. The largest absolute Gasteiger partial charge is 0.465 e. The number of hydrogen-bond acceptors (Lipinski definition) is 3. The lowest BCUT2D eigenvalue weighted by atomic mass is 10.2. The number of esters is 1. The zero-order valence-corrected chi connectivity index (χ0v) is 9.55. The van der Waals surface area contributed by atoms with E-state index in [-0.39, 0.29) is 12.1 Å². The Hall–Kier alpha value is -2.10. The number of fused-ring (bicyclic) bond motifs is 1. The third kappa shape index (κ3) is 2.36. The molecule has 1 aromatic carbocycles. The van der Waals surface area contributed by atoms with E-state index >= 15 is 0 Å². The quantitative estimate of drug-likeness (QED) is 0.753. The third-order valence-corrected chi connectivity index (χ3v) is 2.49. The second-order valence-electron chi connectivity index (χ2n) is 3.64. The van der Waals surface area contributed by atoms with E-state index in [0.717, 1.165) is 5.39 Å². The number of pyridine rings is 1. The van der Waals surface area contributed by atoms with Gasteiger partial charge in [-0.15, -0.1) is 0 Å². The van der Waals surface area contributed by atoms with Crippen LogP contribution >= 0.6 is 0 Å². The van der Waals surface area contributed by atoms with Gasteiger partial charge < -0.3 is 9.30 Å². The Labute approximate surface area is 98.4 Å². The molecule has 0 aliphatic rings. The van der Waals surface area contributed by atoms with Crippen LogP contribution in [0.3, 0.4) is 0 Å². The van der Waals surface area contributed by atoms with Crippen molar-refractivity contribution in [1.29, 1.82) is 0 Å². The molecule has 0 saturated heterocycles. The minimum Gasteiger partial charge on any atom is -0.465 e. The molecular formula is C13H13NO3. The Kier molecular flexibility index (Phi) is 3.23. The summed E-state index contributed by atoms with van der Waals surface area (Å²) >= 11 is 0. The molecule has 0 fully saturated rings. The first-order valence-electron chi connectivity index (χ1n) is 5.46. The van der Waals surface area contributed by atoms with Gasteiger partial charge in [0.25, 0.3) is 5.56 Å². The monoisotopic (exact) mass is 231 g/mol. The molecule has 0 bridgehead atoms.